The molecule has 0 radical (unpaired) electrons. The van der Waals surface area contributed by atoms with E-state index < -0.39 is 0 Å². The quantitative estimate of drug-likeness (QED) is 0.812. The van der Waals surface area contributed by atoms with E-state index in [2.05, 4.69) is 15.5 Å². The molecule has 0 aliphatic heterocycles. The first kappa shape index (κ1) is 12.0. The lowest BCUT2D eigenvalue weighted by Gasteiger charge is -2.25. The van der Waals surface area contributed by atoms with E-state index in [-0.39, 0.29) is 23.7 Å². The summed E-state index contributed by atoms with van der Waals surface area (Å²) < 4.78 is 5.14. The highest BCUT2D eigenvalue weighted by molar-refractivity contribution is 5.90. The summed E-state index contributed by atoms with van der Waals surface area (Å²) >= 11 is 0. The van der Waals surface area contributed by atoms with Crippen molar-refractivity contribution in [2.75, 3.05) is 6.54 Å². The van der Waals surface area contributed by atoms with Crippen molar-refractivity contribution in [3.63, 3.8) is 0 Å². The molecule has 1 heterocycles. The van der Waals surface area contributed by atoms with Gasteiger partial charge in [0.2, 0.25) is 5.89 Å². The molecule has 1 aliphatic rings. The lowest BCUT2D eigenvalue weighted by atomic mass is 9.85. The second kappa shape index (κ2) is 5.27. The molecule has 2 rings (SSSR count). The van der Waals surface area contributed by atoms with Crippen LogP contribution in [-0.2, 0) is 0 Å². The van der Waals surface area contributed by atoms with Crippen LogP contribution in [0.1, 0.15) is 55.0 Å². The van der Waals surface area contributed by atoms with Crippen molar-refractivity contribution in [2.24, 2.45) is 5.73 Å². The first-order chi connectivity index (χ1) is 8.22. The molecule has 0 saturated heterocycles. The predicted molar refractivity (Wildman–Crippen MR) is 61.5 cm³/mol. The fourth-order valence-electron chi connectivity index (χ4n) is 2.18. The second-order valence-electron chi connectivity index (χ2n) is 4.37. The Balaban J connectivity index is 2.09. The molecule has 1 aliphatic carbocycles. The molecule has 1 amide bonds. The molecule has 1 saturated carbocycles. The number of hydrogen-bond donors (Lipinski definition) is 2. The zero-order valence-electron chi connectivity index (χ0n) is 9.98. The Morgan fingerprint density at radius 2 is 2.29 bits per heavy atom. The van der Waals surface area contributed by atoms with Crippen molar-refractivity contribution in [1.29, 1.82) is 0 Å². The number of aromatic nitrogens is 2. The van der Waals surface area contributed by atoms with Gasteiger partial charge in [0.15, 0.2) is 0 Å². The smallest absolute Gasteiger partial charge is 0.292 e. The van der Waals surface area contributed by atoms with Crippen molar-refractivity contribution in [2.45, 2.75) is 44.6 Å². The van der Waals surface area contributed by atoms with E-state index in [9.17, 15) is 4.79 Å². The van der Waals surface area contributed by atoms with Crippen molar-refractivity contribution in [3.8, 4) is 0 Å². The number of nitrogens with zero attached hydrogens (tertiary/aromatic N) is 2. The van der Waals surface area contributed by atoms with Crippen LogP contribution in [0.2, 0.25) is 0 Å². The first-order valence-corrected chi connectivity index (χ1v) is 6.09. The van der Waals surface area contributed by atoms with Gasteiger partial charge in [-0.25, -0.2) is 0 Å². The number of carbonyl (C=O) groups is 1. The van der Waals surface area contributed by atoms with Crippen molar-refractivity contribution < 1.29 is 9.32 Å². The highest BCUT2D eigenvalue weighted by atomic mass is 16.5. The van der Waals surface area contributed by atoms with Crippen LogP contribution in [0.15, 0.2) is 4.52 Å². The average Bonchev–Trinajstić information content (AvgIpc) is 2.79. The number of rotatable bonds is 3. The third-order valence-corrected chi connectivity index (χ3v) is 3.12. The second-order valence-corrected chi connectivity index (χ2v) is 4.37. The Hall–Kier alpha value is -1.43. The van der Waals surface area contributed by atoms with Crippen molar-refractivity contribution >= 4 is 5.91 Å². The summed E-state index contributed by atoms with van der Waals surface area (Å²) in [5.41, 5.74) is 6.03. The van der Waals surface area contributed by atoms with Crippen LogP contribution in [0.4, 0.5) is 0 Å². The molecule has 3 N–H and O–H groups in total. The SMILES string of the molecule is CCNC(=O)c1noc(C2CCCCC2N)n1. The van der Waals surface area contributed by atoms with Crippen molar-refractivity contribution in [3.05, 3.63) is 11.7 Å². The number of nitrogens with two attached hydrogens (primary N) is 1. The molecule has 0 aromatic carbocycles. The van der Waals surface area contributed by atoms with E-state index in [1.165, 1.54) is 0 Å². The van der Waals surface area contributed by atoms with Gasteiger partial charge < -0.3 is 15.6 Å². The molecule has 0 spiro atoms. The van der Waals surface area contributed by atoms with E-state index in [0.717, 1.165) is 25.7 Å². The van der Waals surface area contributed by atoms with Gasteiger partial charge in [-0.05, 0) is 19.8 Å². The van der Waals surface area contributed by atoms with Crippen LogP contribution in [0.25, 0.3) is 0 Å². The van der Waals surface area contributed by atoms with Gasteiger partial charge in [-0.3, -0.25) is 4.79 Å². The van der Waals surface area contributed by atoms with Gasteiger partial charge in [0.05, 0.1) is 5.92 Å². The van der Waals surface area contributed by atoms with E-state index in [0.29, 0.717) is 12.4 Å². The molecule has 2 unspecified atom stereocenters. The van der Waals surface area contributed by atoms with Gasteiger partial charge >= 0.3 is 0 Å². The molecule has 94 valence electrons. The average molecular weight is 238 g/mol. The molecule has 1 aromatic heterocycles. The van der Waals surface area contributed by atoms with Gasteiger partial charge in [-0.1, -0.05) is 18.0 Å². The molecule has 6 nitrogen and oxygen atoms in total. The predicted octanol–water partition coefficient (Wildman–Crippen LogP) is 0.804. The summed E-state index contributed by atoms with van der Waals surface area (Å²) in [5.74, 6) is 0.393. The Kier molecular flexibility index (Phi) is 3.73. The summed E-state index contributed by atoms with van der Waals surface area (Å²) in [5, 5.41) is 6.32. The van der Waals surface area contributed by atoms with Crippen LogP contribution >= 0.6 is 0 Å². The molecule has 6 heteroatoms. The topological polar surface area (TPSA) is 94.0 Å². The highest BCUT2D eigenvalue weighted by Crippen LogP contribution is 2.30. The molecule has 1 aromatic rings. The summed E-state index contributed by atoms with van der Waals surface area (Å²) in [6.45, 7) is 2.39. The standard InChI is InChI=1S/C11H18N4O2/c1-2-13-10(16)9-14-11(17-15-9)7-5-3-4-6-8(7)12/h7-8H,2-6,12H2,1H3,(H,13,16). The summed E-state index contributed by atoms with van der Waals surface area (Å²) in [6.07, 6.45) is 4.20. The van der Waals surface area contributed by atoms with Gasteiger partial charge in [-0.2, -0.15) is 4.98 Å². The summed E-state index contributed by atoms with van der Waals surface area (Å²) in [4.78, 5) is 15.6. The van der Waals surface area contributed by atoms with E-state index in [4.69, 9.17) is 10.3 Å². The normalized spacial score (nSPS) is 24.6. The number of nitrogens with one attached hydrogen (secondary N) is 1. The molecular weight excluding hydrogens is 220 g/mol. The lowest BCUT2D eigenvalue weighted by Crippen LogP contribution is -2.31. The summed E-state index contributed by atoms with van der Waals surface area (Å²) in [6, 6.07) is 0.0614. The van der Waals surface area contributed by atoms with Gasteiger partial charge in [0.25, 0.3) is 11.7 Å². The van der Waals surface area contributed by atoms with E-state index in [1.807, 2.05) is 6.92 Å². The maximum atomic E-state index is 11.5. The zero-order valence-corrected chi connectivity index (χ0v) is 9.98. The Labute approximate surface area is 99.9 Å². The van der Waals surface area contributed by atoms with E-state index >= 15 is 0 Å². The fourth-order valence-corrected chi connectivity index (χ4v) is 2.18. The molecular formula is C11H18N4O2. The van der Waals surface area contributed by atoms with Gasteiger partial charge in [0.1, 0.15) is 0 Å². The third kappa shape index (κ3) is 2.63. The minimum absolute atomic E-state index is 0.0614. The largest absolute Gasteiger partial charge is 0.349 e. The van der Waals surface area contributed by atoms with Crippen LogP contribution in [0.5, 0.6) is 0 Å². The lowest BCUT2D eigenvalue weighted by molar-refractivity contribution is 0.0942. The number of hydrogen-bond acceptors (Lipinski definition) is 5. The van der Waals surface area contributed by atoms with Crippen LogP contribution in [0, 0.1) is 0 Å². The Bertz CT molecular complexity index is 391. The van der Waals surface area contributed by atoms with E-state index in [1.54, 1.807) is 0 Å². The maximum absolute atomic E-state index is 11.5. The van der Waals surface area contributed by atoms with Crippen LogP contribution < -0.4 is 11.1 Å². The maximum Gasteiger partial charge on any atom is 0.292 e. The number of carbonyl (C=O) groups excluding carboxylic acids is 1. The fraction of sp³-hybridized carbons (Fsp3) is 0.727. The minimum Gasteiger partial charge on any atom is -0.349 e. The van der Waals surface area contributed by atoms with Gasteiger partial charge in [-0.15, -0.1) is 0 Å². The van der Waals surface area contributed by atoms with Crippen LogP contribution in [0.3, 0.4) is 0 Å². The number of amides is 1. The minimum atomic E-state index is -0.299. The first-order valence-electron chi connectivity index (χ1n) is 6.09. The van der Waals surface area contributed by atoms with Gasteiger partial charge in [0, 0.05) is 12.6 Å². The molecule has 17 heavy (non-hydrogen) atoms. The molecule has 1 fully saturated rings. The highest BCUT2D eigenvalue weighted by Gasteiger charge is 2.29. The Morgan fingerprint density at radius 1 is 1.53 bits per heavy atom. The molecule has 2 atom stereocenters. The monoisotopic (exact) mass is 238 g/mol. The third-order valence-electron chi connectivity index (χ3n) is 3.12. The van der Waals surface area contributed by atoms with Crippen molar-refractivity contribution in [1.82, 2.24) is 15.5 Å². The Morgan fingerprint density at radius 3 is 3.00 bits per heavy atom. The van der Waals surface area contributed by atoms with Crippen LogP contribution in [-0.4, -0.2) is 28.6 Å². The summed E-state index contributed by atoms with van der Waals surface area (Å²) in [7, 11) is 0. The molecule has 0 bridgehead atoms. The zero-order chi connectivity index (χ0) is 12.3.